The normalized spacial score (nSPS) is 16.1. The Hall–Kier alpha value is -3.22. The molecule has 2 aromatic rings. The highest BCUT2D eigenvalue weighted by molar-refractivity contribution is 5.85. The number of aliphatic imine (C=N–C) groups is 1. The molecule has 2 aromatic carbocycles. The Morgan fingerprint density at radius 1 is 1.13 bits per heavy atom. The van der Waals surface area contributed by atoms with E-state index in [1.54, 1.807) is 7.11 Å². The smallest absolute Gasteiger partial charge is 0.241 e. The molecule has 0 bridgehead atoms. The van der Waals surface area contributed by atoms with Gasteiger partial charge in [0.05, 0.1) is 12.8 Å². The van der Waals surface area contributed by atoms with Gasteiger partial charge in [-0.1, -0.05) is 42.5 Å². The second-order valence-electron chi connectivity index (χ2n) is 7.53. The van der Waals surface area contributed by atoms with E-state index in [2.05, 4.69) is 44.0 Å². The predicted molar refractivity (Wildman–Crippen MR) is 126 cm³/mol. The summed E-state index contributed by atoms with van der Waals surface area (Å²) in [5, 5.41) is 9.65. The van der Waals surface area contributed by atoms with Crippen molar-refractivity contribution in [3.8, 4) is 5.75 Å². The number of carbonyl (C=O) groups excluding carboxylic acids is 1. The summed E-state index contributed by atoms with van der Waals surface area (Å²) in [4.78, 5) is 19.0. The first-order chi connectivity index (χ1) is 15.2. The van der Waals surface area contributed by atoms with Gasteiger partial charge in [-0.25, -0.2) is 4.99 Å². The quantitative estimate of drug-likeness (QED) is 0.426. The number of para-hydroxylation sites is 2. The third-order valence-corrected chi connectivity index (χ3v) is 5.26. The number of methoxy groups -OCH3 is 1. The highest BCUT2D eigenvalue weighted by atomic mass is 16.5. The average molecular weight is 424 g/mol. The molecule has 1 saturated heterocycles. The predicted octanol–water partition coefficient (Wildman–Crippen LogP) is 2.19. The van der Waals surface area contributed by atoms with Crippen LogP contribution in [0.4, 0.5) is 5.69 Å². The van der Waals surface area contributed by atoms with Crippen LogP contribution in [0.15, 0.2) is 59.6 Å². The van der Waals surface area contributed by atoms with E-state index in [-0.39, 0.29) is 18.5 Å². The van der Waals surface area contributed by atoms with Crippen LogP contribution in [-0.2, 0) is 11.2 Å². The highest BCUT2D eigenvalue weighted by Crippen LogP contribution is 2.30. The molecule has 166 valence electrons. The fourth-order valence-electron chi connectivity index (χ4n) is 3.70. The van der Waals surface area contributed by atoms with E-state index < -0.39 is 0 Å². The monoisotopic (exact) mass is 423 g/mol. The van der Waals surface area contributed by atoms with Gasteiger partial charge in [0.1, 0.15) is 12.3 Å². The zero-order chi connectivity index (χ0) is 21.9. The molecular weight excluding hydrogens is 390 g/mol. The SMILES string of the molecule is CCNC(=NCC(=O)NCCc1ccccc1)NC1CCN(c2ccccc2OC)C1. The summed E-state index contributed by atoms with van der Waals surface area (Å²) >= 11 is 0. The largest absolute Gasteiger partial charge is 0.495 e. The van der Waals surface area contributed by atoms with Gasteiger partial charge in [-0.3, -0.25) is 4.79 Å². The number of benzene rings is 2. The van der Waals surface area contributed by atoms with Crippen LogP contribution in [-0.4, -0.2) is 57.7 Å². The van der Waals surface area contributed by atoms with Crippen molar-refractivity contribution >= 4 is 17.6 Å². The molecule has 1 aliphatic heterocycles. The third kappa shape index (κ3) is 6.91. The molecule has 1 fully saturated rings. The summed E-state index contributed by atoms with van der Waals surface area (Å²) in [7, 11) is 1.70. The van der Waals surface area contributed by atoms with Gasteiger partial charge in [-0.15, -0.1) is 0 Å². The van der Waals surface area contributed by atoms with Crippen LogP contribution in [0.25, 0.3) is 0 Å². The van der Waals surface area contributed by atoms with E-state index in [9.17, 15) is 4.79 Å². The number of guanidine groups is 1. The second kappa shape index (κ2) is 11.8. The van der Waals surface area contributed by atoms with Crippen molar-refractivity contribution in [1.29, 1.82) is 0 Å². The van der Waals surface area contributed by atoms with E-state index in [0.717, 1.165) is 43.9 Å². The number of rotatable bonds is 9. The third-order valence-electron chi connectivity index (χ3n) is 5.26. The first-order valence-electron chi connectivity index (χ1n) is 10.9. The Morgan fingerprint density at radius 2 is 1.90 bits per heavy atom. The lowest BCUT2D eigenvalue weighted by atomic mass is 10.1. The van der Waals surface area contributed by atoms with E-state index >= 15 is 0 Å². The lowest BCUT2D eigenvalue weighted by molar-refractivity contribution is -0.119. The molecule has 0 aliphatic carbocycles. The molecule has 0 saturated carbocycles. The molecule has 7 heteroatoms. The standard InChI is InChI=1S/C24H33N5O2/c1-3-25-24(27-17-23(30)26-15-13-19-9-5-4-6-10-19)28-20-14-16-29(18-20)21-11-7-8-12-22(21)31-2/h4-12,20H,3,13-18H2,1-2H3,(H,26,30)(H2,25,27,28). The lowest BCUT2D eigenvalue weighted by Gasteiger charge is -2.22. The van der Waals surface area contributed by atoms with Crippen LogP contribution in [0.1, 0.15) is 18.9 Å². The lowest BCUT2D eigenvalue weighted by Crippen LogP contribution is -2.45. The van der Waals surface area contributed by atoms with Crippen molar-refractivity contribution in [3.05, 3.63) is 60.2 Å². The summed E-state index contributed by atoms with van der Waals surface area (Å²) in [5.74, 6) is 1.48. The van der Waals surface area contributed by atoms with Gasteiger partial charge >= 0.3 is 0 Å². The van der Waals surface area contributed by atoms with Crippen LogP contribution in [0.5, 0.6) is 5.75 Å². The molecule has 1 amide bonds. The molecule has 0 aromatic heterocycles. The fraction of sp³-hybridized carbons (Fsp3) is 0.417. The zero-order valence-corrected chi connectivity index (χ0v) is 18.4. The summed E-state index contributed by atoms with van der Waals surface area (Å²) in [5.41, 5.74) is 2.32. The minimum Gasteiger partial charge on any atom is -0.495 e. The molecule has 1 heterocycles. The Labute approximate surface area is 184 Å². The Bertz CT molecular complexity index is 856. The van der Waals surface area contributed by atoms with Crippen LogP contribution >= 0.6 is 0 Å². The minimum absolute atomic E-state index is 0.0739. The van der Waals surface area contributed by atoms with Gasteiger partial charge in [0.2, 0.25) is 5.91 Å². The van der Waals surface area contributed by atoms with Gasteiger partial charge < -0.3 is 25.6 Å². The molecule has 0 radical (unpaired) electrons. The maximum absolute atomic E-state index is 12.2. The number of amides is 1. The Kier molecular flexibility index (Phi) is 8.58. The number of nitrogens with zero attached hydrogens (tertiary/aromatic N) is 2. The van der Waals surface area contributed by atoms with E-state index in [0.29, 0.717) is 12.5 Å². The minimum atomic E-state index is -0.0739. The average Bonchev–Trinajstić information content (AvgIpc) is 3.26. The van der Waals surface area contributed by atoms with Crippen molar-refractivity contribution in [2.45, 2.75) is 25.8 Å². The van der Waals surface area contributed by atoms with Crippen molar-refractivity contribution < 1.29 is 9.53 Å². The highest BCUT2D eigenvalue weighted by Gasteiger charge is 2.25. The second-order valence-corrected chi connectivity index (χ2v) is 7.53. The van der Waals surface area contributed by atoms with E-state index in [1.165, 1.54) is 5.56 Å². The van der Waals surface area contributed by atoms with E-state index in [4.69, 9.17) is 4.74 Å². The maximum atomic E-state index is 12.2. The van der Waals surface area contributed by atoms with Crippen molar-refractivity contribution in [2.75, 3.05) is 44.7 Å². The zero-order valence-electron chi connectivity index (χ0n) is 18.4. The number of hydrogen-bond acceptors (Lipinski definition) is 4. The summed E-state index contributed by atoms with van der Waals surface area (Å²) in [6.45, 7) is 5.27. The van der Waals surface area contributed by atoms with Gasteiger partial charge in [-0.2, -0.15) is 0 Å². The fourth-order valence-corrected chi connectivity index (χ4v) is 3.70. The van der Waals surface area contributed by atoms with Gasteiger partial charge in [0.15, 0.2) is 5.96 Å². The number of nitrogens with one attached hydrogen (secondary N) is 3. The molecule has 3 N–H and O–H groups in total. The molecule has 7 nitrogen and oxygen atoms in total. The first-order valence-corrected chi connectivity index (χ1v) is 10.9. The van der Waals surface area contributed by atoms with Crippen LogP contribution in [0.2, 0.25) is 0 Å². The van der Waals surface area contributed by atoms with Gasteiger partial charge in [0.25, 0.3) is 0 Å². The van der Waals surface area contributed by atoms with Crippen molar-refractivity contribution in [3.63, 3.8) is 0 Å². The number of carbonyl (C=O) groups is 1. The number of ether oxygens (including phenoxy) is 1. The van der Waals surface area contributed by atoms with Crippen molar-refractivity contribution in [2.24, 2.45) is 4.99 Å². The van der Waals surface area contributed by atoms with Crippen LogP contribution in [0.3, 0.4) is 0 Å². The Balaban J connectivity index is 1.47. The molecule has 1 aliphatic rings. The number of anilines is 1. The van der Waals surface area contributed by atoms with E-state index in [1.807, 2.05) is 43.3 Å². The molecule has 1 unspecified atom stereocenters. The van der Waals surface area contributed by atoms with Crippen LogP contribution in [0, 0.1) is 0 Å². The molecular formula is C24H33N5O2. The molecule has 31 heavy (non-hydrogen) atoms. The van der Waals surface area contributed by atoms with Crippen molar-refractivity contribution in [1.82, 2.24) is 16.0 Å². The maximum Gasteiger partial charge on any atom is 0.241 e. The Morgan fingerprint density at radius 3 is 2.68 bits per heavy atom. The van der Waals surface area contributed by atoms with Gasteiger partial charge in [-0.05, 0) is 37.5 Å². The molecule has 1 atom stereocenters. The summed E-state index contributed by atoms with van der Waals surface area (Å²) in [6, 6.07) is 18.5. The van der Waals surface area contributed by atoms with Gasteiger partial charge in [0, 0.05) is 32.2 Å². The topological polar surface area (TPSA) is 78.0 Å². The van der Waals surface area contributed by atoms with Crippen LogP contribution < -0.4 is 25.6 Å². The first kappa shape index (κ1) is 22.5. The number of hydrogen-bond donors (Lipinski definition) is 3. The summed E-state index contributed by atoms with van der Waals surface area (Å²) in [6.07, 6.45) is 1.81. The molecule has 0 spiro atoms. The summed E-state index contributed by atoms with van der Waals surface area (Å²) < 4.78 is 5.50. The molecule has 3 rings (SSSR count).